The van der Waals surface area contributed by atoms with E-state index >= 15 is 0 Å². The zero-order valence-electron chi connectivity index (χ0n) is 73.4. The Morgan fingerprint density at radius 2 is 0.803 bits per heavy atom. The molecular weight excluding hydrogens is 1870 g/mol. The van der Waals surface area contributed by atoms with Crippen molar-refractivity contribution in [2.24, 2.45) is 0 Å². The minimum atomic E-state index is -3.64. The molecule has 4 aliphatic heterocycles. The number of aromatic nitrogens is 5. The van der Waals surface area contributed by atoms with Crippen molar-refractivity contribution in [3.63, 3.8) is 0 Å². The van der Waals surface area contributed by atoms with Crippen molar-refractivity contribution in [1.29, 1.82) is 5.26 Å². The number of benzene rings is 10. The lowest BCUT2D eigenvalue weighted by atomic mass is 9.99. The molecule has 37 heteroatoms. The van der Waals surface area contributed by atoms with Crippen molar-refractivity contribution in [2.45, 2.75) is 20.8 Å². The van der Waals surface area contributed by atoms with E-state index in [-0.39, 0.29) is 79.5 Å². The van der Waals surface area contributed by atoms with Gasteiger partial charge in [0, 0.05) is 103 Å². The van der Waals surface area contributed by atoms with Gasteiger partial charge in [0.1, 0.15) is 11.7 Å². The summed E-state index contributed by atoms with van der Waals surface area (Å²) in [4.78, 5) is 73.2. The number of carbonyl (C=O) groups is 4. The van der Waals surface area contributed by atoms with Gasteiger partial charge in [0.2, 0.25) is 0 Å². The third-order valence-electron chi connectivity index (χ3n) is 22.9. The van der Waals surface area contributed by atoms with Crippen molar-refractivity contribution in [3.8, 4) is 51.1 Å². The summed E-state index contributed by atoms with van der Waals surface area (Å²) in [6.45, 7) is 7.91. The number of nitriles is 1. The molecule has 20 rings (SSSR count). The van der Waals surface area contributed by atoms with E-state index in [2.05, 4.69) is 52.3 Å². The molecule has 0 atom stereocenters. The largest absolute Gasteiger partial charge is 0.464 e. The van der Waals surface area contributed by atoms with Crippen molar-refractivity contribution in [2.75, 3.05) is 115 Å². The zero-order valence-corrected chi connectivity index (χ0v) is 78.2. The molecule has 31 nitrogen and oxygen atoms in total. The summed E-state index contributed by atoms with van der Waals surface area (Å²) in [6.07, 6.45) is 8.60. The minimum Gasteiger partial charge on any atom is -0.464 e. The number of carbonyl (C=O) groups excluding carboxylic acids is 4. The summed E-state index contributed by atoms with van der Waals surface area (Å²) >= 11 is 12.8. The van der Waals surface area contributed by atoms with Gasteiger partial charge in [-0.25, -0.2) is 38.7 Å². The highest BCUT2D eigenvalue weighted by atomic mass is 35.5. The minimum absolute atomic E-state index is 0.0785. The number of ether oxygens (including phenoxy) is 4. The van der Waals surface area contributed by atoms with Crippen LogP contribution in [0.15, 0.2) is 284 Å². The van der Waals surface area contributed by atoms with Gasteiger partial charge in [-0.3, -0.25) is 51.4 Å². The molecule has 137 heavy (non-hydrogen) atoms. The van der Waals surface area contributed by atoms with Crippen molar-refractivity contribution < 1.29 is 76.2 Å². The number of H-pyrrole nitrogens is 1. The van der Waals surface area contributed by atoms with E-state index in [1.807, 2.05) is 135 Å². The molecule has 0 unspecified atom stereocenters. The van der Waals surface area contributed by atoms with E-state index in [0.29, 0.717) is 126 Å². The standard InChI is InChI=1S/C27H22N4O4S.C27H25N3O4S.C23H19ClN4O4S.C23H18ClN3O5S/c1-18-6-7-21(15-25(18)26-23-5-3-2-4-19(23)10-11-29-26)30-27(32)24-9-8-22(14-20(24)16-28)31-12-13-35-17-36(31,33)34;1-18-7-8-21(16-25(18)26-24-6-4-3-5-20(24)11-12-28-26)29-27(31)23-10-9-22(15-19(23)2)30-13-14-34-17-35(30,32)33;24-19-6-3-16(13-18(19)20-7-8-21-22(27-20)9-10-25-21)26-23(29)15-1-4-17(5-2-15)28-11-12-32-14-33(28,30)31;24-20-6-3-16(13-19(20)22-18-8-11-32-21(18)7-9-25-22)26-23(28)15-1-4-17(5-2-15)27-10-12-31-14-33(27,29)30/h2-11,14-15H,12-13,17H2,1H3,(H,30,32);3-12,15-16H,13-14,17H2,1-2H3,(H,29,31);1-10,13,25H,11-12,14H2,(H,26,29);1-9,11,13H,10,12,14H2,(H,26,28). The Hall–Kier alpha value is -14.8. The average molecular weight is 1950 g/mol. The highest BCUT2D eigenvalue weighted by Crippen LogP contribution is 2.39. The van der Waals surface area contributed by atoms with Crippen LogP contribution in [0.4, 0.5) is 45.5 Å². The van der Waals surface area contributed by atoms with Crippen LogP contribution in [0.2, 0.25) is 10.0 Å². The molecule has 6 aromatic heterocycles. The second-order valence-corrected chi connectivity index (χ2v) is 40.1. The normalized spacial score (nSPS) is 15.2. The lowest BCUT2D eigenvalue weighted by Crippen LogP contribution is -2.41. The Morgan fingerprint density at radius 1 is 0.394 bits per heavy atom. The number of sulfonamides is 4. The van der Waals surface area contributed by atoms with Crippen LogP contribution in [0, 0.1) is 32.1 Å². The van der Waals surface area contributed by atoms with Crippen molar-refractivity contribution in [3.05, 3.63) is 334 Å². The lowest BCUT2D eigenvalue weighted by Gasteiger charge is -2.28. The van der Waals surface area contributed by atoms with Crippen LogP contribution in [-0.4, -0.2) is 159 Å². The van der Waals surface area contributed by atoms with Gasteiger partial charge in [-0.05, 0) is 236 Å². The number of anilines is 8. The number of nitrogens with zero attached hydrogens (tertiary/aromatic N) is 9. The Balaban J connectivity index is 0.000000127. The maximum atomic E-state index is 13.1. The van der Waals surface area contributed by atoms with E-state index in [9.17, 15) is 58.1 Å². The Bertz CT molecular complexity index is 7940. The number of hydrogen-bond acceptors (Lipinski definition) is 22. The first kappa shape index (κ1) is 94.0. The van der Waals surface area contributed by atoms with Crippen LogP contribution in [0.25, 0.3) is 88.6 Å². The number of rotatable bonds is 16. The molecule has 4 aliphatic rings. The molecule has 10 heterocycles. The SMILES string of the molecule is Cc1cc(N2CCOCS2(=O)=O)ccc1C(=O)Nc1ccc(C)c(-c2nccc3ccccc23)c1.Cc1ccc(NC(=O)c2ccc(N3CCOCS3(=O)=O)cc2C#N)cc1-c1nccc2ccccc12.O=C(Nc1ccc(Cl)c(-c2ccc3[nH]ccc3n2)c1)c1ccc(N2CCOCS2(=O)=O)cc1.O=C(Nc1ccc(Cl)c(-c2nccc3occc23)c1)c1ccc(N2CCOCS2(=O)=O)cc1. The molecule has 5 N–H and O–H groups in total. The Morgan fingerprint density at radius 3 is 1.28 bits per heavy atom. The van der Waals surface area contributed by atoms with Crippen LogP contribution in [0.1, 0.15) is 63.7 Å². The second kappa shape index (κ2) is 40.4. The molecule has 16 aromatic rings. The quantitative estimate of drug-likeness (QED) is 0.0600. The molecule has 0 radical (unpaired) electrons. The van der Waals surface area contributed by atoms with E-state index < -0.39 is 51.9 Å². The molecule has 4 saturated heterocycles. The molecule has 0 aliphatic carbocycles. The summed E-state index contributed by atoms with van der Waals surface area (Å²) in [5.74, 6) is -2.85. The van der Waals surface area contributed by atoms with E-state index in [4.69, 9.17) is 46.6 Å². The third-order valence-corrected chi connectivity index (χ3v) is 29.7. The third kappa shape index (κ3) is 21.0. The van der Waals surface area contributed by atoms with E-state index in [0.717, 1.165) is 71.6 Å². The van der Waals surface area contributed by atoms with E-state index in [1.165, 1.54) is 35.4 Å². The Kier molecular flexibility index (Phi) is 27.7. The van der Waals surface area contributed by atoms with Gasteiger partial charge in [-0.2, -0.15) is 5.26 Å². The maximum absolute atomic E-state index is 13.1. The predicted molar refractivity (Wildman–Crippen MR) is 530 cm³/mol. The number of halogens is 2. The molecule has 0 saturated carbocycles. The van der Waals surface area contributed by atoms with Gasteiger partial charge in [-0.15, -0.1) is 0 Å². The van der Waals surface area contributed by atoms with Crippen molar-refractivity contribution in [1.82, 2.24) is 24.9 Å². The number of aryl methyl sites for hydroxylation is 3. The molecule has 4 amide bonds. The smallest absolute Gasteiger partial charge is 0.259 e. The van der Waals surface area contributed by atoms with Gasteiger partial charge >= 0.3 is 0 Å². The van der Waals surface area contributed by atoms with Gasteiger partial charge in [0.15, 0.2) is 23.8 Å². The lowest BCUT2D eigenvalue weighted by molar-refractivity contribution is 0.101. The number of fused-ring (bicyclic) bond motifs is 4. The first-order valence-electron chi connectivity index (χ1n) is 42.7. The molecule has 694 valence electrons. The first-order chi connectivity index (χ1) is 66.0. The number of hydrogen-bond donors (Lipinski definition) is 5. The van der Waals surface area contributed by atoms with Gasteiger partial charge in [0.05, 0.1) is 137 Å². The highest BCUT2D eigenvalue weighted by Gasteiger charge is 2.33. The van der Waals surface area contributed by atoms with E-state index in [1.54, 1.807) is 147 Å². The number of pyridine rings is 4. The van der Waals surface area contributed by atoms with Crippen LogP contribution in [0.5, 0.6) is 0 Å². The monoisotopic (exact) mass is 1950 g/mol. The summed E-state index contributed by atoms with van der Waals surface area (Å²) in [7, 11) is -14.2. The van der Waals surface area contributed by atoms with Gasteiger partial charge in [-0.1, -0.05) is 83.9 Å². The number of nitrogens with one attached hydrogen (secondary N) is 5. The maximum Gasteiger partial charge on any atom is 0.259 e. The molecule has 0 bridgehead atoms. The van der Waals surface area contributed by atoms with Crippen LogP contribution < -0.4 is 38.5 Å². The van der Waals surface area contributed by atoms with Crippen molar-refractivity contribution >= 4 is 176 Å². The number of aromatic amines is 1. The predicted octanol–water partition coefficient (Wildman–Crippen LogP) is 18.1. The fourth-order valence-corrected chi connectivity index (χ4v) is 21.4. The fraction of sp³-hybridized carbons (Fsp3) is 0.150. The second-order valence-electron chi connectivity index (χ2n) is 31.9. The van der Waals surface area contributed by atoms with Crippen LogP contribution in [-0.2, 0) is 59.0 Å². The molecule has 4 fully saturated rings. The topological polar surface area (TPSA) is 407 Å². The summed E-state index contributed by atoms with van der Waals surface area (Å²) < 4.78 is 129. The average Bonchev–Trinajstić information content (AvgIpc) is 1.52. The Labute approximate surface area is 797 Å². The molecule has 10 aromatic carbocycles. The van der Waals surface area contributed by atoms with Gasteiger partial charge in [0.25, 0.3) is 63.7 Å². The molecule has 0 spiro atoms. The highest BCUT2D eigenvalue weighted by molar-refractivity contribution is 7.93. The number of amides is 4. The fourth-order valence-electron chi connectivity index (χ4n) is 16.0. The first-order valence-corrected chi connectivity index (χ1v) is 49.9. The van der Waals surface area contributed by atoms with Crippen LogP contribution in [0.3, 0.4) is 0 Å². The number of furan rings is 1. The summed E-state index contributed by atoms with van der Waals surface area (Å²) in [5.41, 5.74) is 17.0. The molecular formula is C100H84Cl2N14O17S4. The summed E-state index contributed by atoms with van der Waals surface area (Å²) in [6, 6.07) is 75.2. The zero-order chi connectivity index (χ0) is 95.9. The summed E-state index contributed by atoms with van der Waals surface area (Å²) in [5, 5.41) is 27.3. The van der Waals surface area contributed by atoms with Crippen LogP contribution >= 0.6 is 23.2 Å². The van der Waals surface area contributed by atoms with Gasteiger partial charge < -0.3 is 49.6 Å².